The highest BCUT2D eigenvalue weighted by Crippen LogP contribution is 2.55. The molecule has 1 saturated carbocycles. The van der Waals surface area contributed by atoms with Crippen LogP contribution < -0.4 is 10.2 Å². The SMILES string of the molecule is CC1=C[C@H]2C[C@H]1[C@H]1C(=O)N(c3ccc(C(=O)OCC(=O)Nc4ccc(C)c([N+](=O)[O-])c4)cc3)C(=O)[C@H]12. The minimum Gasteiger partial charge on any atom is -0.452 e. The van der Waals surface area contributed by atoms with E-state index in [1.807, 2.05) is 6.92 Å². The zero-order valence-corrected chi connectivity index (χ0v) is 19.6. The number of aryl methyl sites for hydroxylation is 1. The van der Waals surface area contributed by atoms with E-state index >= 15 is 0 Å². The number of allylic oxidation sites excluding steroid dienone is 2. The fourth-order valence-electron chi connectivity index (χ4n) is 5.57. The number of carbonyl (C=O) groups is 4. The van der Waals surface area contributed by atoms with Crippen LogP contribution in [-0.4, -0.2) is 35.2 Å². The molecule has 5 rings (SSSR count). The van der Waals surface area contributed by atoms with E-state index in [1.54, 1.807) is 6.92 Å². The van der Waals surface area contributed by atoms with Crippen LogP contribution in [0.5, 0.6) is 0 Å². The molecule has 1 aliphatic heterocycles. The van der Waals surface area contributed by atoms with Crippen molar-refractivity contribution in [3.8, 4) is 0 Å². The molecular formula is C26H23N3O7. The predicted octanol–water partition coefficient (Wildman–Crippen LogP) is 3.40. The number of nitro benzene ring substituents is 1. The molecule has 3 amide bonds. The van der Waals surface area contributed by atoms with E-state index in [0.717, 1.165) is 6.42 Å². The highest BCUT2D eigenvalue weighted by molar-refractivity contribution is 6.23. The molecule has 4 atom stereocenters. The van der Waals surface area contributed by atoms with Crippen LogP contribution in [0.2, 0.25) is 0 Å². The summed E-state index contributed by atoms with van der Waals surface area (Å²) >= 11 is 0. The number of benzene rings is 2. The lowest BCUT2D eigenvalue weighted by molar-refractivity contribution is -0.385. The van der Waals surface area contributed by atoms with E-state index in [1.165, 1.54) is 52.9 Å². The number of hydrogen-bond acceptors (Lipinski definition) is 7. The number of esters is 1. The van der Waals surface area contributed by atoms with Crippen LogP contribution in [0.3, 0.4) is 0 Å². The van der Waals surface area contributed by atoms with Gasteiger partial charge >= 0.3 is 5.97 Å². The van der Waals surface area contributed by atoms with Crippen molar-refractivity contribution in [1.29, 1.82) is 0 Å². The molecule has 0 spiro atoms. The summed E-state index contributed by atoms with van der Waals surface area (Å²) in [6.45, 7) is 3.00. The van der Waals surface area contributed by atoms with Gasteiger partial charge in [0.25, 0.3) is 11.6 Å². The van der Waals surface area contributed by atoms with Gasteiger partial charge in [-0.3, -0.25) is 29.4 Å². The number of anilines is 2. The minimum atomic E-state index is -0.764. The molecular weight excluding hydrogens is 466 g/mol. The molecule has 0 unspecified atom stereocenters. The summed E-state index contributed by atoms with van der Waals surface area (Å²) in [6.07, 6.45) is 2.96. The van der Waals surface area contributed by atoms with Crippen molar-refractivity contribution in [2.75, 3.05) is 16.8 Å². The second-order valence-corrected chi connectivity index (χ2v) is 9.41. The zero-order valence-electron chi connectivity index (χ0n) is 19.6. The van der Waals surface area contributed by atoms with Gasteiger partial charge in [0.05, 0.1) is 28.0 Å². The Kier molecular flexibility index (Phi) is 5.66. The monoisotopic (exact) mass is 489 g/mol. The number of nitrogens with one attached hydrogen (secondary N) is 1. The molecule has 10 nitrogen and oxygen atoms in total. The Bertz CT molecular complexity index is 1350. The third-order valence-electron chi connectivity index (χ3n) is 7.27. The molecule has 3 aliphatic rings. The molecule has 2 aromatic rings. The van der Waals surface area contributed by atoms with Gasteiger partial charge in [0.1, 0.15) is 0 Å². The predicted molar refractivity (Wildman–Crippen MR) is 128 cm³/mol. The van der Waals surface area contributed by atoms with Crippen molar-refractivity contribution in [2.24, 2.45) is 23.7 Å². The molecule has 2 bridgehead atoms. The summed E-state index contributed by atoms with van der Waals surface area (Å²) in [4.78, 5) is 62.3. The van der Waals surface area contributed by atoms with Gasteiger partial charge in [-0.25, -0.2) is 4.79 Å². The number of imide groups is 1. The molecule has 2 aliphatic carbocycles. The first-order chi connectivity index (χ1) is 17.2. The molecule has 1 saturated heterocycles. The van der Waals surface area contributed by atoms with Crippen molar-refractivity contribution in [1.82, 2.24) is 0 Å². The van der Waals surface area contributed by atoms with E-state index in [4.69, 9.17) is 4.74 Å². The highest BCUT2D eigenvalue weighted by Gasteiger charge is 2.60. The van der Waals surface area contributed by atoms with E-state index in [9.17, 15) is 29.3 Å². The summed E-state index contributed by atoms with van der Waals surface area (Å²) in [5.74, 6) is -2.23. The highest BCUT2D eigenvalue weighted by atomic mass is 16.6. The Morgan fingerprint density at radius 3 is 2.47 bits per heavy atom. The molecule has 184 valence electrons. The Hall–Kier alpha value is -4.34. The maximum absolute atomic E-state index is 13.1. The van der Waals surface area contributed by atoms with Crippen molar-refractivity contribution < 1.29 is 28.8 Å². The lowest BCUT2D eigenvalue weighted by Gasteiger charge is -2.19. The summed E-state index contributed by atoms with van der Waals surface area (Å²) in [5, 5.41) is 13.5. The van der Waals surface area contributed by atoms with Gasteiger partial charge in [-0.05, 0) is 62.4 Å². The van der Waals surface area contributed by atoms with Crippen LogP contribution in [0.25, 0.3) is 0 Å². The van der Waals surface area contributed by atoms with Crippen LogP contribution in [0, 0.1) is 40.7 Å². The normalized spacial score (nSPS) is 23.9. The van der Waals surface area contributed by atoms with Gasteiger partial charge in [0, 0.05) is 17.3 Å². The standard InChI is InChI=1S/C26H23N3O7/c1-13-3-6-17(11-20(13)29(34)35)27-21(30)12-36-26(33)15-4-7-18(8-5-15)28-24(31)22-16-9-14(2)19(10-16)23(22)25(28)32/h3-9,11,16,19,22-23H,10,12H2,1-2H3,(H,27,30)/t16-,19+,22-,23+/m0/s1. The molecule has 0 aromatic heterocycles. The molecule has 0 radical (unpaired) electrons. The van der Waals surface area contributed by atoms with Gasteiger partial charge in [-0.1, -0.05) is 17.7 Å². The van der Waals surface area contributed by atoms with Crippen molar-refractivity contribution >= 4 is 40.8 Å². The van der Waals surface area contributed by atoms with Crippen molar-refractivity contribution in [3.63, 3.8) is 0 Å². The number of fused-ring (bicyclic) bond motifs is 5. The Labute approximate surface area is 206 Å². The second kappa shape index (κ2) is 8.71. The average molecular weight is 489 g/mol. The lowest BCUT2D eigenvalue weighted by Crippen LogP contribution is -2.33. The van der Waals surface area contributed by atoms with Crippen LogP contribution >= 0.6 is 0 Å². The van der Waals surface area contributed by atoms with E-state index in [-0.39, 0.29) is 52.4 Å². The second-order valence-electron chi connectivity index (χ2n) is 9.41. The summed E-state index contributed by atoms with van der Waals surface area (Å²) < 4.78 is 5.04. The molecule has 2 fully saturated rings. The maximum Gasteiger partial charge on any atom is 0.338 e. The van der Waals surface area contributed by atoms with E-state index in [2.05, 4.69) is 11.4 Å². The van der Waals surface area contributed by atoms with Crippen molar-refractivity contribution in [3.05, 3.63) is 75.4 Å². The molecule has 36 heavy (non-hydrogen) atoms. The van der Waals surface area contributed by atoms with Crippen LogP contribution in [0.4, 0.5) is 17.1 Å². The number of nitro groups is 1. The van der Waals surface area contributed by atoms with Crippen LogP contribution in [0.15, 0.2) is 54.1 Å². The van der Waals surface area contributed by atoms with E-state index < -0.39 is 23.4 Å². The minimum absolute atomic E-state index is 0.105. The van der Waals surface area contributed by atoms with Gasteiger partial charge in [0.15, 0.2) is 6.61 Å². The largest absolute Gasteiger partial charge is 0.452 e. The fourth-order valence-corrected chi connectivity index (χ4v) is 5.57. The van der Waals surface area contributed by atoms with Gasteiger partial charge in [-0.2, -0.15) is 0 Å². The van der Waals surface area contributed by atoms with E-state index in [0.29, 0.717) is 11.3 Å². The number of nitrogens with zero attached hydrogens (tertiary/aromatic N) is 2. The summed E-state index contributed by atoms with van der Waals surface area (Å²) in [6, 6.07) is 10.1. The number of carbonyl (C=O) groups excluding carboxylic acids is 4. The van der Waals surface area contributed by atoms with Gasteiger partial charge in [0.2, 0.25) is 11.8 Å². The van der Waals surface area contributed by atoms with Crippen molar-refractivity contribution in [2.45, 2.75) is 20.3 Å². The Morgan fingerprint density at radius 1 is 1.08 bits per heavy atom. The summed E-state index contributed by atoms with van der Waals surface area (Å²) in [5.41, 5.74) is 2.24. The molecule has 10 heteroatoms. The molecule has 2 aromatic carbocycles. The smallest absolute Gasteiger partial charge is 0.338 e. The Morgan fingerprint density at radius 2 is 1.78 bits per heavy atom. The first-order valence-electron chi connectivity index (χ1n) is 11.5. The molecule has 1 N–H and O–H groups in total. The topological polar surface area (TPSA) is 136 Å². The van der Waals surface area contributed by atoms with Crippen LogP contribution in [-0.2, 0) is 19.1 Å². The number of hydrogen-bond donors (Lipinski definition) is 1. The summed E-state index contributed by atoms with van der Waals surface area (Å²) in [7, 11) is 0. The van der Waals surface area contributed by atoms with Crippen LogP contribution in [0.1, 0.15) is 29.3 Å². The number of amides is 3. The van der Waals surface area contributed by atoms with Gasteiger partial charge in [-0.15, -0.1) is 0 Å². The fraction of sp³-hybridized carbons (Fsp3) is 0.308. The zero-order chi connectivity index (χ0) is 25.7. The quantitative estimate of drug-likeness (QED) is 0.216. The lowest BCUT2D eigenvalue weighted by atomic mass is 9.82. The number of rotatable bonds is 6. The third kappa shape index (κ3) is 3.84. The van der Waals surface area contributed by atoms with Gasteiger partial charge < -0.3 is 10.1 Å². The first-order valence-corrected chi connectivity index (χ1v) is 11.5. The maximum atomic E-state index is 13.1. The average Bonchev–Trinajstić information content (AvgIpc) is 3.48. The number of ether oxygens (including phenoxy) is 1. The third-order valence-corrected chi connectivity index (χ3v) is 7.27. The Balaban J connectivity index is 1.20. The molecule has 1 heterocycles. The first kappa shape index (κ1) is 23.4.